The second-order valence-electron chi connectivity index (χ2n) is 6.41. The summed E-state index contributed by atoms with van der Waals surface area (Å²) in [4.78, 5) is 23.3. The summed E-state index contributed by atoms with van der Waals surface area (Å²) in [5, 5.41) is 8.99. The molecule has 0 aromatic heterocycles. The molecule has 0 heterocycles. The molecule has 2 aliphatic carbocycles. The van der Waals surface area contributed by atoms with Gasteiger partial charge >= 0.3 is 11.9 Å². The Kier molecular flexibility index (Phi) is 5.06. The van der Waals surface area contributed by atoms with Gasteiger partial charge in [-0.3, -0.25) is 9.59 Å². The molecule has 0 aromatic rings. The monoisotopic (exact) mass is 282 g/mol. The zero-order valence-corrected chi connectivity index (χ0v) is 12.4. The van der Waals surface area contributed by atoms with E-state index in [9.17, 15) is 9.59 Å². The average molecular weight is 282 g/mol. The Morgan fingerprint density at radius 2 is 1.60 bits per heavy atom. The smallest absolute Gasteiger partial charge is 0.309 e. The van der Waals surface area contributed by atoms with E-state index in [-0.39, 0.29) is 23.4 Å². The van der Waals surface area contributed by atoms with Crippen molar-refractivity contribution in [1.29, 1.82) is 0 Å². The van der Waals surface area contributed by atoms with E-state index in [0.717, 1.165) is 32.1 Å². The minimum Gasteiger partial charge on any atom is -0.481 e. The lowest BCUT2D eigenvalue weighted by molar-refractivity contribution is -0.171. The van der Waals surface area contributed by atoms with Gasteiger partial charge in [0.2, 0.25) is 0 Å². The number of esters is 1. The number of hydrogen-bond acceptors (Lipinski definition) is 3. The summed E-state index contributed by atoms with van der Waals surface area (Å²) in [6, 6.07) is 0. The molecule has 2 aliphatic rings. The Labute approximate surface area is 120 Å². The van der Waals surface area contributed by atoms with Crippen LogP contribution in [0.5, 0.6) is 0 Å². The van der Waals surface area contributed by atoms with E-state index in [1.165, 1.54) is 6.42 Å². The summed E-state index contributed by atoms with van der Waals surface area (Å²) in [6.07, 6.45) is 8.93. The van der Waals surface area contributed by atoms with Crippen molar-refractivity contribution in [2.75, 3.05) is 0 Å². The number of carbonyl (C=O) groups excluding carboxylic acids is 1. The van der Waals surface area contributed by atoms with Crippen molar-refractivity contribution < 1.29 is 19.4 Å². The summed E-state index contributed by atoms with van der Waals surface area (Å²) in [6.45, 7) is 2.10. The highest BCUT2D eigenvalue weighted by atomic mass is 16.6. The van der Waals surface area contributed by atoms with Gasteiger partial charge < -0.3 is 9.84 Å². The fourth-order valence-electron chi connectivity index (χ4n) is 3.60. The molecular formula is C16H26O4. The zero-order chi connectivity index (χ0) is 14.6. The lowest BCUT2D eigenvalue weighted by Crippen LogP contribution is -2.39. The maximum Gasteiger partial charge on any atom is 0.309 e. The molecule has 0 amide bonds. The van der Waals surface area contributed by atoms with E-state index < -0.39 is 5.97 Å². The van der Waals surface area contributed by atoms with E-state index in [0.29, 0.717) is 25.7 Å². The third-order valence-corrected chi connectivity index (χ3v) is 5.14. The van der Waals surface area contributed by atoms with Crippen molar-refractivity contribution in [2.45, 2.75) is 76.7 Å². The molecule has 0 aromatic carbocycles. The van der Waals surface area contributed by atoms with Crippen molar-refractivity contribution in [2.24, 2.45) is 11.8 Å². The van der Waals surface area contributed by atoms with Crippen molar-refractivity contribution in [3.63, 3.8) is 0 Å². The maximum absolute atomic E-state index is 12.3. The fraction of sp³-hybridized carbons (Fsp3) is 0.875. The van der Waals surface area contributed by atoms with E-state index in [1.54, 1.807) is 0 Å². The highest BCUT2D eigenvalue weighted by molar-refractivity contribution is 5.74. The van der Waals surface area contributed by atoms with Crippen molar-refractivity contribution >= 4 is 11.9 Å². The summed E-state index contributed by atoms with van der Waals surface area (Å²) >= 11 is 0. The molecule has 0 radical (unpaired) electrons. The summed E-state index contributed by atoms with van der Waals surface area (Å²) in [5.74, 6) is -1.17. The molecule has 4 heteroatoms. The van der Waals surface area contributed by atoms with Crippen LogP contribution >= 0.6 is 0 Å². The van der Waals surface area contributed by atoms with Crippen LogP contribution in [0.2, 0.25) is 0 Å². The van der Waals surface area contributed by atoms with Gasteiger partial charge in [-0.15, -0.1) is 0 Å². The first-order valence-corrected chi connectivity index (χ1v) is 8.02. The molecule has 20 heavy (non-hydrogen) atoms. The first-order valence-electron chi connectivity index (χ1n) is 8.02. The Balaban J connectivity index is 1.87. The van der Waals surface area contributed by atoms with Crippen LogP contribution in [0, 0.1) is 11.8 Å². The second-order valence-corrected chi connectivity index (χ2v) is 6.41. The number of rotatable bonds is 4. The lowest BCUT2D eigenvalue weighted by Gasteiger charge is -2.37. The first kappa shape index (κ1) is 15.3. The molecule has 114 valence electrons. The molecule has 0 atom stereocenters. The molecule has 4 nitrogen and oxygen atoms in total. The molecule has 0 unspecified atom stereocenters. The molecule has 2 saturated carbocycles. The highest BCUT2D eigenvalue weighted by Crippen LogP contribution is 2.37. The van der Waals surface area contributed by atoms with Crippen LogP contribution < -0.4 is 0 Å². The summed E-state index contributed by atoms with van der Waals surface area (Å²) in [7, 11) is 0. The topological polar surface area (TPSA) is 63.6 Å². The molecular weight excluding hydrogens is 256 g/mol. The van der Waals surface area contributed by atoms with Gasteiger partial charge in [0.1, 0.15) is 5.60 Å². The van der Waals surface area contributed by atoms with Gasteiger partial charge in [0.15, 0.2) is 0 Å². The highest BCUT2D eigenvalue weighted by Gasteiger charge is 2.37. The quantitative estimate of drug-likeness (QED) is 0.801. The van der Waals surface area contributed by atoms with Crippen LogP contribution in [0.25, 0.3) is 0 Å². The molecule has 0 spiro atoms. The maximum atomic E-state index is 12.3. The van der Waals surface area contributed by atoms with Gasteiger partial charge in [-0.1, -0.05) is 13.3 Å². The van der Waals surface area contributed by atoms with Crippen molar-refractivity contribution in [1.82, 2.24) is 0 Å². The molecule has 2 rings (SSSR count). The van der Waals surface area contributed by atoms with Gasteiger partial charge in [0.05, 0.1) is 11.8 Å². The Morgan fingerprint density at radius 1 is 1.05 bits per heavy atom. The third-order valence-electron chi connectivity index (χ3n) is 5.14. The number of carbonyl (C=O) groups is 2. The van der Waals surface area contributed by atoms with Crippen LogP contribution in [0.4, 0.5) is 0 Å². The lowest BCUT2D eigenvalue weighted by atomic mass is 9.80. The SMILES string of the molecule is CCC1(OC(=O)C2CCC(C(=O)O)CC2)CCCCC1. The first-order chi connectivity index (χ1) is 9.56. The van der Waals surface area contributed by atoms with E-state index in [4.69, 9.17) is 9.84 Å². The van der Waals surface area contributed by atoms with Crippen LogP contribution in [0.1, 0.15) is 71.1 Å². The molecule has 1 N–H and O–H groups in total. The van der Waals surface area contributed by atoms with Crippen LogP contribution in [0.3, 0.4) is 0 Å². The van der Waals surface area contributed by atoms with Crippen molar-refractivity contribution in [3.8, 4) is 0 Å². The molecule has 0 saturated heterocycles. The Bertz CT molecular complexity index is 349. The Hall–Kier alpha value is -1.06. The molecule has 0 bridgehead atoms. The van der Waals surface area contributed by atoms with Crippen LogP contribution in [0.15, 0.2) is 0 Å². The molecule has 0 aliphatic heterocycles. The minimum absolute atomic E-state index is 0.0856. The van der Waals surface area contributed by atoms with E-state index >= 15 is 0 Å². The van der Waals surface area contributed by atoms with E-state index in [1.807, 2.05) is 0 Å². The minimum atomic E-state index is -0.728. The number of aliphatic carboxylic acids is 1. The predicted molar refractivity (Wildman–Crippen MR) is 75.3 cm³/mol. The van der Waals surface area contributed by atoms with Gasteiger partial charge in [-0.2, -0.15) is 0 Å². The normalized spacial score (nSPS) is 29.6. The van der Waals surface area contributed by atoms with Crippen LogP contribution in [-0.2, 0) is 14.3 Å². The molecule has 2 fully saturated rings. The number of carboxylic acid groups (broad SMARTS) is 1. The number of ether oxygens (including phenoxy) is 1. The van der Waals surface area contributed by atoms with Gasteiger partial charge in [0, 0.05) is 0 Å². The number of carboxylic acids is 1. The van der Waals surface area contributed by atoms with Gasteiger partial charge in [0.25, 0.3) is 0 Å². The fourth-order valence-corrected chi connectivity index (χ4v) is 3.60. The van der Waals surface area contributed by atoms with Crippen LogP contribution in [-0.4, -0.2) is 22.6 Å². The predicted octanol–water partition coefficient (Wildman–Crippen LogP) is 3.53. The van der Waals surface area contributed by atoms with Gasteiger partial charge in [-0.05, 0) is 57.8 Å². The summed E-state index contributed by atoms with van der Waals surface area (Å²) in [5.41, 5.74) is -0.237. The largest absolute Gasteiger partial charge is 0.481 e. The third kappa shape index (κ3) is 3.53. The van der Waals surface area contributed by atoms with E-state index in [2.05, 4.69) is 6.92 Å². The zero-order valence-electron chi connectivity index (χ0n) is 12.4. The number of hydrogen-bond donors (Lipinski definition) is 1. The standard InChI is InChI=1S/C16H26O4/c1-2-16(10-4-3-5-11-16)20-15(19)13-8-6-12(7-9-13)14(17)18/h12-13H,2-11H2,1H3,(H,17,18). The second kappa shape index (κ2) is 6.59. The van der Waals surface area contributed by atoms with Crippen molar-refractivity contribution in [3.05, 3.63) is 0 Å². The average Bonchev–Trinajstić information content (AvgIpc) is 2.48. The Morgan fingerprint density at radius 3 is 2.10 bits per heavy atom. The van der Waals surface area contributed by atoms with Gasteiger partial charge in [-0.25, -0.2) is 0 Å². The summed E-state index contributed by atoms with van der Waals surface area (Å²) < 4.78 is 5.88.